The van der Waals surface area contributed by atoms with Crippen molar-refractivity contribution in [2.24, 2.45) is 5.10 Å². The monoisotopic (exact) mass is 638 g/mol. The molecule has 11 heteroatoms. The number of H-pyrrole nitrogens is 1. The van der Waals surface area contributed by atoms with Gasteiger partial charge in [-0.1, -0.05) is 0 Å². The van der Waals surface area contributed by atoms with Crippen LogP contribution in [-0.4, -0.2) is 47.5 Å². The molecule has 0 radical (unpaired) electrons. The minimum absolute atomic E-state index is 0.152. The highest BCUT2D eigenvalue weighted by molar-refractivity contribution is 14.1. The molecule has 0 spiro atoms. The number of hydrogen-bond donors (Lipinski definition) is 2. The zero-order chi connectivity index (χ0) is 21.1. The summed E-state index contributed by atoms with van der Waals surface area (Å²) in [6.45, 7) is 0. The first kappa shape index (κ1) is 21.8. The fourth-order valence-corrected chi connectivity index (χ4v) is 4.67. The van der Waals surface area contributed by atoms with Crippen molar-refractivity contribution in [1.29, 1.82) is 0 Å². The van der Waals surface area contributed by atoms with E-state index in [1.807, 2.05) is 12.1 Å². The number of aromatic amines is 1. The first-order valence-electron chi connectivity index (χ1n) is 8.09. The fraction of sp³-hybridized carbons (Fsp3) is 0.167. The maximum absolute atomic E-state index is 10.3. The van der Waals surface area contributed by atoms with Gasteiger partial charge in [-0.05, 0) is 81.7 Å². The van der Waals surface area contributed by atoms with Gasteiger partial charge in [0.15, 0.2) is 17.3 Å². The number of rotatable bonds is 6. The number of aromatic nitrogens is 3. The van der Waals surface area contributed by atoms with Gasteiger partial charge in [-0.2, -0.15) is 14.9 Å². The Hall–Kier alpha value is -1.87. The Morgan fingerprint density at radius 2 is 1.76 bits per heavy atom. The summed E-state index contributed by atoms with van der Waals surface area (Å²) in [7, 11) is 4.62. The van der Waals surface area contributed by atoms with Crippen LogP contribution in [0.15, 0.2) is 29.4 Å². The molecular formula is C18H16I2N4O4S. The van der Waals surface area contributed by atoms with Crippen molar-refractivity contribution in [3.05, 3.63) is 41.7 Å². The van der Waals surface area contributed by atoms with Gasteiger partial charge in [-0.15, -0.1) is 0 Å². The zero-order valence-corrected chi connectivity index (χ0v) is 20.7. The second kappa shape index (κ2) is 9.30. The molecule has 1 heterocycles. The van der Waals surface area contributed by atoms with Crippen LogP contribution in [0.3, 0.4) is 0 Å². The molecule has 2 aromatic carbocycles. The van der Waals surface area contributed by atoms with Crippen molar-refractivity contribution in [1.82, 2.24) is 14.9 Å². The molecule has 0 saturated carbocycles. The summed E-state index contributed by atoms with van der Waals surface area (Å²) in [5.41, 5.74) is 1.23. The number of nitrogens with one attached hydrogen (secondary N) is 1. The molecule has 3 rings (SSSR count). The second-order valence-electron chi connectivity index (χ2n) is 5.65. The molecule has 0 unspecified atom stereocenters. The summed E-state index contributed by atoms with van der Waals surface area (Å²) < 4.78 is 19.6. The summed E-state index contributed by atoms with van der Waals surface area (Å²) in [6, 6.07) is 7.21. The first-order valence-corrected chi connectivity index (χ1v) is 10.7. The standard InChI is InChI=1S/C18H16I2N4O4S/c1-26-13-5-9(6-14(27-2)16(13)28-3)17-22-23-18(29)24(17)21-8-10-4-11(19)7-12(20)15(10)25/h4-8,25H,1-3H3,(H,23,29)/b21-8+. The van der Waals surface area contributed by atoms with Gasteiger partial charge in [0.05, 0.1) is 31.1 Å². The largest absolute Gasteiger partial charge is 0.506 e. The normalized spacial score (nSPS) is 11.1. The Balaban J connectivity index is 2.11. The minimum atomic E-state index is 0.152. The highest BCUT2D eigenvalue weighted by atomic mass is 127. The van der Waals surface area contributed by atoms with Crippen molar-refractivity contribution in [2.45, 2.75) is 0 Å². The van der Waals surface area contributed by atoms with Crippen LogP contribution in [0, 0.1) is 11.9 Å². The average molecular weight is 638 g/mol. The number of aromatic hydroxyl groups is 1. The van der Waals surface area contributed by atoms with E-state index in [0.717, 1.165) is 7.14 Å². The molecule has 0 saturated heterocycles. The van der Waals surface area contributed by atoms with Crippen LogP contribution in [0.2, 0.25) is 0 Å². The van der Waals surface area contributed by atoms with Gasteiger partial charge in [0.2, 0.25) is 10.5 Å². The molecule has 0 atom stereocenters. The van der Waals surface area contributed by atoms with Gasteiger partial charge in [-0.3, -0.25) is 0 Å². The molecule has 8 nitrogen and oxygen atoms in total. The minimum Gasteiger partial charge on any atom is -0.506 e. The SMILES string of the molecule is COc1cc(-c2n[nH]c(=S)n2/N=C/c2cc(I)cc(I)c2O)cc(OC)c1OC. The molecule has 0 aliphatic rings. The number of ether oxygens (including phenoxy) is 3. The van der Waals surface area contributed by atoms with E-state index in [0.29, 0.717) is 39.0 Å². The highest BCUT2D eigenvalue weighted by Gasteiger charge is 2.17. The average Bonchev–Trinajstić information content (AvgIpc) is 3.08. The first-order chi connectivity index (χ1) is 13.9. The molecular weight excluding hydrogens is 622 g/mol. The second-order valence-corrected chi connectivity index (χ2v) is 8.44. The van der Waals surface area contributed by atoms with Gasteiger partial charge in [0, 0.05) is 14.7 Å². The molecule has 0 bridgehead atoms. The quantitative estimate of drug-likeness (QED) is 0.236. The van der Waals surface area contributed by atoms with Gasteiger partial charge in [-0.25, -0.2) is 5.10 Å². The molecule has 0 aliphatic carbocycles. The molecule has 0 amide bonds. The van der Waals surface area contributed by atoms with Crippen molar-refractivity contribution in [2.75, 3.05) is 21.3 Å². The van der Waals surface area contributed by atoms with Crippen LogP contribution in [0.25, 0.3) is 11.4 Å². The Kier molecular flexibility index (Phi) is 7.00. The topological polar surface area (TPSA) is 93.9 Å². The van der Waals surface area contributed by atoms with Gasteiger partial charge < -0.3 is 19.3 Å². The van der Waals surface area contributed by atoms with E-state index in [4.69, 9.17) is 26.4 Å². The Morgan fingerprint density at radius 1 is 1.10 bits per heavy atom. The lowest BCUT2D eigenvalue weighted by Gasteiger charge is -2.13. The van der Waals surface area contributed by atoms with Gasteiger partial charge >= 0.3 is 0 Å². The predicted molar refractivity (Wildman–Crippen MR) is 129 cm³/mol. The fourth-order valence-electron chi connectivity index (χ4n) is 2.60. The van der Waals surface area contributed by atoms with Gasteiger partial charge in [0.1, 0.15) is 5.75 Å². The van der Waals surface area contributed by atoms with E-state index in [-0.39, 0.29) is 5.75 Å². The van der Waals surface area contributed by atoms with Crippen molar-refractivity contribution in [3.8, 4) is 34.4 Å². The third-order valence-corrected chi connectivity index (χ3v) is 5.65. The third kappa shape index (κ3) is 4.50. The van der Waals surface area contributed by atoms with Crippen LogP contribution < -0.4 is 14.2 Å². The number of hydrogen-bond acceptors (Lipinski definition) is 7. The number of halogens is 2. The lowest BCUT2D eigenvalue weighted by atomic mass is 10.1. The number of methoxy groups -OCH3 is 3. The lowest BCUT2D eigenvalue weighted by molar-refractivity contribution is 0.324. The van der Waals surface area contributed by atoms with Crippen LogP contribution >= 0.6 is 57.4 Å². The smallest absolute Gasteiger partial charge is 0.216 e. The maximum Gasteiger partial charge on any atom is 0.216 e. The van der Waals surface area contributed by atoms with Crippen LogP contribution in [-0.2, 0) is 0 Å². The highest BCUT2D eigenvalue weighted by Crippen LogP contribution is 2.40. The van der Waals surface area contributed by atoms with E-state index in [9.17, 15) is 5.11 Å². The Morgan fingerprint density at radius 3 is 2.34 bits per heavy atom. The van der Waals surface area contributed by atoms with Crippen molar-refractivity contribution >= 4 is 63.6 Å². The Labute approximate surface area is 199 Å². The van der Waals surface area contributed by atoms with Crippen LogP contribution in [0.4, 0.5) is 0 Å². The van der Waals surface area contributed by atoms with Crippen molar-refractivity contribution in [3.63, 3.8) is 0 Å². The molecule has 152 valence electrons. The van der Waals surface area contributed by atoms with Gasteiger partial charge in [0.25, 0.3) is 0 Å². The lowest BCUT2D eigenvalue weighted by Crippen LogP contribution is -1.99. The summed E-state index contributed by atoms with van der Waals surface area (Å²) in [5.74, 6) is 2.04. The van der Waals surface area contributed by atoms with E-state index in [1.54, 1.807) is 12.1 Å². The summed E-state index contributed by atoms with van der Waals surface area (Å²) in [4.78, 5) is 0. The molecule has 3 aromatic rings. The summed E-state index contributed by atoms with van der Waals surface area (Å²) in [6.07, 6.45) is 1.53. The Bertz CT molecular complexity index is 1120. The number of benzene rings is 2. The van der Waals surface area contributed by atoms with Crippen molar-refractivity contribution < 1.29 is 19.3 Å². The molecule has 29 heavy (non-hydrogen) atoms. The number of phenolic OH excluding ortho intramolecular Hbond substituents is 1. The summed E-state index contributed by atoms with van der Waals surface area (Å²) >= 11 is 9.58. The molecule has 2 N–H and O–H groups in total. The number of phenols is 1. The summed E-state index contributed by atoms with van der Waals surface area (Å²) in [5, 5.41) is 21.7. The molecule has 1 aromatic heterocycles. The van der Waals surface area contributed by atoms with E-state index >= 15 is 0 Å². The zero-order valence-electron chi connectivity index (χ0n) is 15.6. The van der Waals surface area contributed by atoms with E-state index in [1.165, 1.54) is 32.2 Å². The molecule has 0 aliphatic heterocycles. The third-order valence-electron chi connectivity index (χ3n) is 3.94. The predicted octanol–water partition coefficient (Wildman–Crippen LogP) is 4.43. The maximum atomic E-state index is 10.3. The molecule has 0 fully saturated rings. The van der Waals surface area contributed by atoms with E-state index < -0.39 is 0 Å². The van der Waals surface area contributed by atoms with E-state index in [2.05, 4.69) is 60.5 Å². The van der Waals surface area contributed by atoms with Crippen LogP contribution in [0.5, 0.6) is 23.0 Å². The van der Waals surface area contributed by atoms with Crippen LogP contribution in [0.1, 0.15) is 5.56 Å². The number of nitrogens with zero attached hydrogens (tertiary/aromatic N) is 3.